The van der Waals surface area contributed by atoms with Crippen molar-refractivity contribution >= 4 is 5.97 Å². The van der Waals surface area contributed by atoms with Gasteiger partial charge in [0.1, 0.15) is 5.75 Å². The Hall–Kier alpha value is -1.39. The van der Waals surface area contributed by atoms with Gasteiger partial charge in [0, 0.05) is 13.1 Å². The summed E-state index contributed by atoms with van der Waals surface area (Å²) in [5.41, 5.74) is 1.98. The van der Waals surface area contributed by atoms with Crippen molar-refractivity contribution in [3.8, 4) is 5.75 Å². The molecule has 1 saturated heterocycles. The third-order valence-corrected chi connectivity index (χ3v) is 3.90. The lowest BCUT2D eigenvalue weighted by atomic mass is 10.1. The van der Waals surface area contributed by atoms with Gasteiger partial charge < -0.3 is 9.47 Å². The normalized spacial score (nSPS) is 19.8. The van der Waals surface area contributed by atoms with Gasteiger partial charge in [-0.3, -0.25) is 9.69 Å². The first-order valence-electron chi connectivity index (χ1n) is 7.58. The number of hydrogen-bond donors (Lipinski definition) is 0. The summed E-state index contributed by atoms with van der Waals surface area (Å²) in [4.78, 5) is 14.3. The first-order chi connectivity index (χ1) is 9.97. The van der Waals surface area contributed by atoms with Crippen molar-refractivity contribution in [2.45, 2.75) is 33.8 Å². The summed E-state index contributed by atoms with van der Waals surface area (Å²) in [5, 5.41) is 0. The predicted molar refractivity (Wildman–Crippen MR) is 82.6 cm³/mol. The van der Waals surface area contributed by atoms with Crippen molar-refractivity contribution in [3.63, 3.8) is 0 Å². The molecule has 1 aromatic carbocycles. The first kappa shape index (κ1) is 16.0. The third-order valence-electron chi connectivity index (χ3n) is 3.90. The van der Waals surface area contributed by atoms with Crippen LogP contribution < -0.4 is 4.74 Å². The number of ether oxygens (including phenoxy) is 2. The van der Waals surface area contributed by atoms with Gasteiger partial charge in [-0.25, -0.2) is 0 Å². The zero-order valence-electron chi connectivity index (χ0n) is 13.4. The lowest BCUT2D eigenvalue weighted by molar-refractivity contribution is -0.138. The number of esters is 1. The number of aryl methyl sites for hydroxylation is 2. The van der Waals surface area contributed by atoms with Gasteiger partial charge in [0.15, 0.2) is 0 Å². The summed E-state index contributed by atoms with van der Waals surface area (Å²) in [6.07, 6.45) is 0.201. The Morgan fingerprint density at radius 3 is 2.67 bits per heavy atom. The highest BCUT2D eigenvalue weighted by atomic mass is 16.5. The minimum atomic E-state index is -0.197. The van der Waals surface area contributed by atoms with Crippen LogP contribution >= 0.6 is 0 Å². The van der Waals surface area contributed by atoms with E-state index in [0.717, 1.165) is 24.2 Å². The third kappa shape index (κ3) is 4.29. The van der Waals surface area contributed by atoms with Crippen molar-refractivity contribution < 1.29 is 14.3 Å². The molecule has 4 heteroatoms. The number of carbonyl (C=O) groups excluding carboxylic acids is 1. The Bertz CT molecular complexity index is 479. The standard InChI is InChI=1S/C17H25NO3/c1-12(2)15-10-18(8-9-20-15)11-16(19)21-17-13(3)6-5-7-14(17)4/h5-7,12,15H,8-11H2,1-4H3. The molecule has 0 spiro atoms. The Morgan fingerprint density at radius 1 is 1.38 bits per heavy atom. The average Bonchev–Trinajstić information content (AvgIpc) is 2.43. The van der Waals surface area contributed by atoms with Crippen LogP contribution in [0.2, 0.25) is 0 Å². The van der Waals surface area contributed by atoms with E-state index in [0.29, 0.717) is 24.8 Å². The number of benzene rings is 1. The molecule has 1 aliphatic heterocycles. The van der Waals surface area contributed by atoms with Crippen LogP contribution in [-0.2, 0) is 9.53 Å². The van der Waals surface area contributed by atoms with Gasteiger partial charge in [-0.1, -0.05) is 32.0 Å². The van der Waals surface area contributed by atoms with Gasteiger partial charge in [0.25, 0.3) is 0 Å². The Balaban J connectivity index is 1.93. The minimum absolute atomic E-state index is 0.197. The lowest BCUT2D eigenvalue weighted by Crippen LogP contribution is -2.47. The molecule has 1 aliphatic rings. The number of carbonyl (C=O) groups is 1. The van der Waals surface area contributed by atoms with Gasteiger partial charge in [0.05, 0.1) is 19.3 Å². The maximum absolute atomic E-state index is 12.2. The SMILES string of the molecule is Cc1cccc(C)c1OC(=O)CN1CCOC(C(C)C)C1. The molecule has 1 aromatic rings. The molecule has 0 saturated carbocycles. The van der Waals surface area contributed by atoms with E-state index in [1.54, 1.807) is 0 Å². The van der Waals surface area contributed by atoms with E-state index in [1.165, 1.54) is 0 Å². The van der Waals surface area contributed by atoms with Crippen LogP contribution in [0.15, 0.2) is 18.2 Å². The molecule has 1 heterocycles. The highest BCUT2D eigenvalue weighted by molar-refractivity contribution is 5.75. The van der Waals surface area contributed by atoms with Crippen LogP contribution in [0.1, 0.15) is 25.0 Å². The summed E-state index contributed by atoms with van der Waals surface area (Å²) < 4.78 is 11.3. The maximum Gasteiger partial charge on any atom is 0.325 e. The molecule has 0 amide bonds. The number of nitrogens with zero attached hydrogens (tertiary/aromatic N) is 1. The van der Waals surface area contributed by atoms with E-state index >= 15 is 0 Å². The summed E-state index contributed by atoms with van der Waals surface area (Å²) in [6, 6.07) is 5.88. The van der Waals surface area contributed by atoms with Crippen molar-refractivity contribution in [2.24, 2.45) is 5.92 Å². The van der Waals surface area contributed by atoms with E-state index in [1.807, 2.05) is 32.0 Å². The molecule has 116 valence electrons. The molecule has 2 rings (SSSR count). The second kappa shape index (κ2) is 7.05. The smallest absolute Gasteiger partial charge is 0.325 e. The van der Waals surface area contributed by atoms with E-state index in [-0.39, 0.29) is 12.1 Å². The molecule has 4 nitrogen and oxygen atoms in total. The highest BCUT2D eigenvalue weighted by Gasteiger charge is 2.25. The van der Waals surface area contributed by atoms with Crippen LogP contribution in [-0.4, -0.2) is 43.2 Å². The average molecular weight is 291 g/mol. The fraction of sp³-hybridized carbons (Fsp3) is 0.588. The summed E-state index contributed by atoms with van der Waals surface area (Å²) in [6.45, 7) is 10.8. The van der Waals surface area contributed by atoms with Gasteiger partial charge in [-0.2, -0.15) is 0 Å². The Kier molecular flexibility index (Phi) is 5.37. The second-order valence-electron chi connectivity index (χ2n) is 6.08. The molecule has 0 aliphatic carbocycles. The van der Waals surface area contributed by atoms with Crippen LogP contribution in [0.3, 0.4) is 0 Å². The van der Waals surface area contributed by atoms with Crippen LogP contribution in [0, 0.1) is 19.8 Å². The monoisotopic (exact) mass is 291 g/mol. The van der Waals surface area contributed by atoms with Crippen molar-refractivity contribution in [1.29, 1.82) is 0 Å². The zero-order chi connectivity index (χ0) is 15.4. The molecule has 1 fully saturated rings. The molecular weight excluding hydrogens is 266 g/mol. The lowest BCUT2D eigenvalue weighted by Gasteiger charge is -2.34. The van der Waals surface area contributed by atoms with Crippen LogP contribution in [0.5, 0.6) is 5.75 Å². The number of morpholine rings is 1. The zero-order valence-corrected chi connectivity index (χ0v) is 13.4. The van der Waals surface area contributed by atoms with Crippen LogP contribution in [0.4, 0.5) is 0 Å². The van der Waals surface area contributed by atoms with Crippen molar-refractivity contribution in [3.05, 3.63) is 29.3 Å². The fourth-order valence-corrected chi connectivity index (χ4v) is 2.57. The molecule has 21 heavy (non-hydrogen) atoms. The first-order valence-corrected chi connectivity index (χ1v) is 7.58. The molecule has 1 atom stereocenters. The topological polar surface area (TPSA) is 38.8 Å². The number of rotatable bonds is 4. The Labute approximate surface area is 127 Å². The second-order valence-corrected chi connectivity index (χ2v) is 6.08. The van der Waals surface area contributed by atoms with Crippen LogP contribution in [0.25, 0.3) is 0 Å². The molecule has 0 aromatic heterocycles. The van der Waals surface area contributed by atoms with Crippen molar-refractivity contribution in [1.82, 2.24) is 4.90 Å². The molecule has 0 radical (unpaired) electrons. The summed E-state index contributed by atoms with van der Waals surface area (Å²) in [7, 11) is 0. The molecule has 0 N–H and O–H groups in total. The number of para-hydroxylation sites is 1. The number of hydrogen-bond acceptors (Lipinski definition) is 4. The van der Waals surface area contributed by atoms with Gasteiger partial charge in [-0.15, -0.1) is 0 Å². The van der Waals surface area contributed by atoms with Gasteiger partial charge in [-0.05, 0) is 30.9 Å². The largest absolute Gasteiger partial charge is 0.425 e. The molecule has 0 bridgehead atoms. The fourth-order valence-electron chi connectivity index (χ4n) is 2.57. The molecule has 1 unspecified atom stereocenters. The Morgan fingerprint density at radius 2 is 2.05 bits per heavy atom. The van der Waals surface area contributed by atoms with E-state index in [2.05, 4.69) is 18.7 Å². The summed E-state index contributed by atoms with van der Waals surface area (Å²) in [5.74, 6) is 0.954. The van der Waals surface area contributed by atoms with E-state index in [9.17, 15) is 4.79 Å². The molecular formula is C17H25NO3. The van der Waals surface area contributed by atoms with Gasteiger partial charge in [0.2, 0.25) is 0 Å². The maximum atomic E-state index is 12.2. The summed E-state index contributed by atoms with van der Waals surface area (Å²) >= 11 is 0. The minimum Gasteiger partial charge on any atom is -0.425 e. The van der Waals surface area contributed by atoms with Crippen molar-refractivity contribution in [2.75, 3.05) is 26.2 Å². The van der Waals surface area contributed by atoms with E-state index in [4.69, 9.17) is 9.47 Å². The quantitative estimate of drug-likeness (QED) is 0.631. The van der Waals surface area contributed by atoms with Gasteiger partial charge >= 0.3 is 5.97 Å². The predicted octanol–water partition coefficient (Wildman–Crippen LogP) is 2.57. The van der Waals surface area contributed by atoms with E-state index < -0.39 is 0 Å². The highest BCUT2D eigenvalue weighted by Crippen LogP contribution is 2.22.